The van der Waals surface area contributed by atoms with Gasteiger partial charge in [-0.15, -0.1) is 0 Å². The third kappa shape index (κ3) is 1.42. The molecule has 3 rings (SSSR count). The van der Waals surface area contributed by atoms with Gasteiger partial charge in [0.25, 0.3) is 0 Å². The topological polar surface area (TPSA) is 35.1 Å². The van der Waals surface area contributed by atoms with E-state index in [1.807, 2.05) is 19.2 Å². The highest BCUT2D eigenvalue weighted by molar-refractivity contribution is 9.13. The molecule has 0 unspecified atom stereocenters. The predicted octanol–water partition coefficient (Wildman–Crippen LogP) is 3.81. The number of benzene rings is 1. The molecule has 3 nitrogen and oxygen atoms in total. The lowest BCUT2D eigenvalue weighted by molar-refractivity contribution is 0.620. The van der Waals surface area contributed by atoms with Crippen LogP contribution in [0.2, 0.25) is 0 Å². The quantitative estimate of drug-likeness (QED) is 0.614. The Hall–Kier alpha value is -1.07. The first-order valence-corrected chi connectivity index (χ1v) is 6.55. The SMILES string of the molecule is Cn1c(Br)c(Br)c2c(=O)c3ccccc3oc21. The lowest BCUT2D eigenvalue weighted by Crippen LogP contribution is -2.01. The van der Waals surface area contributed by atoms with E-state index in [0.29, 0.717) is 22.1 Å². The summed E-state index contributed by atoms with van der Waals surface area (Å²) in [4.78, 5) is 12.4. The molecular weight excluding hydrogens is 350 g/mol. The largest absolute Gasteiger partial charge is 0.439 e. The van der Waals surface area contributed by atoms with Crippen LogP contribution in [-0.4, -0.2) is 4.57 Å². The molecule has 0 fully saturated rings. The second-order valence-electron chi connectivity index (χ2n) is 3.77. The van der Waals surface area contributed by atoms with Crippen LogP contribution in [0.5, 0.6) is 0 Å². The molecule has 17 heavy (non-hydrogen) atoms. The summed E-state index contributed by atoms with van der Waals surface area (Å²) in [7, 11) is 1.84. The Morgan fingerprint density at radius 2 is 1.94 bits per heavy atom. The van der Waals surface area contributed by atoms with Gasteiger partial charge in [-0.25, -0.2) is 0 Å². The fourth-order valence-corrected chi connectivity index (χ4v) is 2.87. The highest BCUT2D eigenvalue weighted by atomic mass is 79.9. The number of rotatable bonds is 0. The van der Waals surface area contributed by atoms with Crippen molar-refractivity contribution in [3.63, 3.8) is 0 Å². The van der Waals surface area contributed by atoms with Gasteiger partial charge in [0, 0.05) is 7.05 Å². The minimum atomic E-state index is -0.0185. The lowest BCUT2D eigenvalue weighted by Gasteiger charge is -1.99. The Morgan fingerprint density at radius 3 is 2.71 bits per heavy atom. The van der Waals surface area contributed by atoms with Gasteiger partial charge in [0.15, 0.2) is 0 Å². The van der Waals surface area contributed by atoms with Crippen molar-refractivity contribution in [3.8, 4) is 0 Å². The molecule has 0 spiro atoms. The first-order valence-electron chi connectivity index (χ1n) is 4.96. The molecule has 0 N–H and O–H groups in total. The second kappa shape index (κ2) is 3.71. The van der Waals surface area contributed by atoms with E-state index in [2.05, 4.69) is 31.9 Å². The van der Waals surface area contributed by atoms with E-state index in [0.717, 1.165) is 9.08 Å². The summed E-state index contributed by atoms with van der Waals surface area (Å²) in [5, 5.41) is 1.16. The number of para-hydroxylation sites is 1. The molecule has 3 aromatic rings. The van der Waals surface area contributed by atoms with E-state index in [9.17, 15) is 4.79 Å². The second-order valence-corrected chi connectivity index (χ2v) is 5.32. The predicted molar refractivity (Wildman–Crippen MR) is 74.4 cm³/mol. The van der Waals surface area contributed by atoms with Crippen LogP contribution in [0.15, 0.2) is 42.6 Å². The molecule has 0 aliphatic heterocycles. The Morgan fingerprint density at radius 1 is 1.24 bits per heavy atom. The van der Waals surface area contributed by atoms with Crippen LogP contribution in [0.25, 0.3) is 22.1 Å². The summed E-state index contributed by atoms with van der Waals surface area (Å²) in [5.41, 5.74) is 1.15. The minimum absolute atomic E-state index is 0.0185. The number of nitrogens with zero attached hydrogens (tertiary/aromatic N) is 1. The summed E-state index contributed by atoms with van der Waals surface area (Å²) < 4.78 is 9.09. The molecule has 0 aliphatic rings. The Labute approximate surface area is 113 Å². The fraction of sp³-hybridized carbons (Fsp3) is 0.0833. The minimum Gasteiger partial charge on any atom is -0.439 e. The Bertz CT molecular complexity index is 801. The van der Waals surface area contributed by atoms with Crippen LogP contribution in [0.4, 0.5) is 0 Å². The highest BCUT2D eigenvalue weighted by Crippen LogP contribution is 2.33. The molecule has 0 atom stereocenters. The van der Waals surface area contributed by atoms with Crippen molar-refractivity contribution >= 4 is 53.9 Å². The van der Waals surface area contributed by atoms with Gasteiger partial charge in [-0.1, -0.05) is 12.1 Å². The molecule has 5 heteroatoms. The van der Waals surface area contributed by atoms with Gasteiger partial charge in [0.1, 0.15) is 15.6 Å². The van der Waals surface area contributed by atoms with Gasteiger partial charge in [0.05, 0.1) is 9.86 Å². The van der Waals surface area contributed by atoms with Crippen molar-refractivity contribution in [2.24, 2.45) is 7.05 Å². The Kier molecular flexibility index (Phi) is 2.41. The van der Waals surface area contributed by atoms with Crippen LogP contribution in [0, 0.1) is 0 Å². The van der Waals surface area contributed by atoms with Gasteiger partial charge in [0.2, 0.25) is 11.1 Å². The van der Waals surface area contributed by atoms with Gasteiger partial charge in [-0.05, 0) is 44.0 Å². The summed E-state index contributed by atoms with van der Waals surface area (Å²) in [5.74, 6) is 0. The molecule has 2 aromatic heterocycles. The monoisotopic (exact) mass is 355 g/mol. The van der Waals surface area contributed by atoms with Crippen LogP contribution < -0.4 is 5.43 Å². The zero-order valence-electron chi connectivity index (χ0n) is 8.83. The lowest BCUT2D eigenvalue weighted by atomic mass is 10.2. The number of aromatic nitrogens is 1. The third-order valence-corrected chi connectivity index (χ3v) is 5.01. The maximum Gasteiger partial charge on any atom is 0.213 e. The molecule has 0 aliphatic carbocycles. The zero-order chi connectivity index (χ0) is 12.2. The van der Waals surface area contributed by atoms with Crippen LogP contribution >= 0.6 is 31.9 Å². The standard InChI is InChI=1S/C12H7Br2NO2/c1-15-11(14)9(13)8-10(16)6-4-2-3-5-7(6)17-12(8)15/h2-5H,1H3. The smallest absolute Gasteiger partial charge is 0.213 e. The molecule has 0 saturated carbocycles. The number of hydrogen-bond donors (Lipinski definition) is 0. The van der Waals surface area contributed by atoms with Crippen LogP contribution in [0.3, 0.4) is 0 Å². The van der Waals surface area contributed by atoms with Gasteiger partial charge in [-0.2, -0.15) is 0 Å². The summed E-state index contributed by atoms with van der Waals surface area (Å²) in [6.07, 6.45) is 0. The molecule has 0 radical (unpaired) electrons. The van der Waals surface area contributed by atoms with E-state index < -0.39 is 0 Å². The number of aryl methyl sites for hydroxylation is 1. The van der Waals surface area contributed by atoms with Crippen molar-refractivity contribution in [2.45, 2.75) is 0 Å². The molecular formula is C12H7Br2NO2. The summed E-state index contributed by atoms with van der Waals surface area (Å²) >= 11 is 6.83. The van der Waals surface area contributed by atoms with Gasteiger partial charge < -0.3 is 8.98 Å². The van der Waals surface area contributed by atoms with Crippen LogP contribution in [-0.2, 0) is 7.05 Å². The van der Waals surface area contributed by atoms with Crippen molar-refractivity contribution in [2.75, 3.05) is 0 Å². The fourth-order valence-electron chi connectivity index (χ4n) is 1.90. The maximum absolute atomic E-state index is 12.4. The van der Waals surface area contributed by atoms with Gasteiger partial charge in [-0.3, -0.25) is 4.79 Å². The summed E-state index contributed by atoms with van der Waals surface area (Å²) in [6.45, 7) is 0. The van der Waals surface area contributed by atoms with Crippen LogP contribution in [0.1, 0.15) is 0 Å². The number of fused-ring (bicyclic) bond motifs is 2. The normalized spacial score (nSPS) is 11.5. The molecule has 86 valence electrons. The average Bonchev–Trinajstić information content (AvgIpc) is 2.55. The van der Waals surface area contributed by atoms with Crippen molar-refractivity contribution in [3.05, 3.63) is 43.6 Å². The molecule has 2 heterocycles. The van der Waals surface area contributed by atoms with E-state index in [1.165, 1.54) is 0 Å². The van der Waals surface area contributed by atoms with Crippen molar-refractivity contribution < 1.29 is 4.42 Å². The van der Waals surface area contributed by atoms with E-state index >= 15 is 0 Å². The number of hydrogen-bond acceptors (Lipinski definition) is 2. The van der Waals surface area contributed by atoms with Crippen molar-refractivity contribution in [1.29, 1.82) is 0 Å². The zero-order valence-corrected chi connectivity index (χ0v) is 12.0. The molecule has 0 bridgehead atoms. The van der Waals surface area contributed by atoms with Gasteiger partial charge >= 0.3 is 0 Å². The number of halogens is 2. The third-order valence-electron chi connectivity index (χ3n) is 2.78. The van der Waals surface area contributed by atoms with E-state index in [-0.39, 0.29) is 5.43 Å². The first kappa shape index (κ1) is 11.0. The van der Waals surface area contributed by atoms with E-state index in [1.54, 1.807) is 16.7 Å². The summed E-state index contributed by atoms with van der Waals surface area (Å²) in [6, 6.07) is 7.25. The maximum atomic E-state index is 12.4. The van der Waals surface area contributed by atoms with Crippen molar-refractivity contribution in [1.82, 2.24) is 4.57 Å². The highest BCUT2D eigenvalue weighted by Gasteiger charge is 2.18. The molecule has 1 aromatic carbocycles. The molecule has 0 saturated heterocycles. The van der Waals surface area contributed by atoms with E-state index in [4.69, 9.17) is 4.42 Å². The Balaban J connectivity index is 2.70. The molecule has 0 amide bonds. The average molecular weight is 357 g/mol. The first-order chi connectivity index (χ1) is 8.11.